The lowest BCUT2D eigenvalue weighted by Gasteiger charge is -2.02. The molecule has 2 heterocycles. The Morgan fingerprint density at radius 2 is 2.05 bits per heavy atom. The molecule has 0 bridgehead atoms. The van der Waals surface area contributed by atoms with Crippen molar-refractivity contribution in [3.05, 3.63) is 29.8 Å². The Bertz CT molecular complexity index is 927. The van der Waals surface area contributed by atoms with Crippen molar-refractivity contribution < 1.29 is 12.8 Å². The molecule has 1 aromatic carbocycles. The van der Waals surface area contributed by atoms with Crippen LogP contribution in [0.25, 0.3) is 22.6 Å². The molecule has 0 radical (unpaired) electrons. The summed E-state index contributed by atoms with van der Waals surface area (Å²) >= 11 is 0. The summed E-state index contributed by atoms with van der Waals surface area (Å²) in [6, 6.07) is 7.59. The number of rotatable bonds is 3. The molecule has 0 aliphatic carbocycles. The highest BCUT2D eigenvalue weighted by atomic mass is 35.7. The van der Waals surface area contributed by atoms with Crippen molar-refractivity contribution in [3.8, 4) is 11.6 Å². The van der Waals surface area contributed by atoms with E-state index in [0.29, 0.717) is 23.7 Å². The SMILES string of the molecule is CCn1c(-c2cc3cc(C)ccc3o2)nnc1S(=O)(=O)Cl. The van der Waals surface area contributed by atoms with Gasteiger partial charge in [0.1, 0.15) is 5.58 Å². The van der Waals surface area contributed by atoms with E-state index < -0.39 is 9.05 Å². The molecule has 110 valence electrons. The van der Waals surface area contributed by atoms with Gasteiger partial charge in [0.05, 0.1) is 0 Å². The van der Waals surface area contributed by atoms with Crippen LogP contribution in [0.5, 0.6) is 0 Å². The number of hydrogen-bond acceptors (Lipinski definition) is 5. The van der Waals surface area contributed by atoms with E-state index in [1.807, 2.05) is 31.2 Å². The summed E-state index contributed by atoms with van der Waals surface area (Å²) in [5.74, 6) is 0.794. The Morgan fingerprint density at radius 1 is 1.29 bits per heavy atom. The first-order valence-corrected chi connectivity index (χ1v) is 8.59. The Morgan fingerprint density at radius 3 is 2.71 bits per heavy atom. The van der Waals surface area contributed by atoms with Gasteiger partial charge >= 0.3 is 0 Å². The number of nitrogens with zero attached hydrogens (tertiary/aromatic N) is 3. The van der Waals surface area contributed by atoms with Crippen LogP contribution in [0, 0.1) is 6.92 Å². The number of aromatic nitrogens is 3. The standard InChI is InChI=1S/C13H12ClN3O3S/c1-3-17-12(15-16-13(17)21(14,18)19)11-7-9-6-8(2)4-5-10(9)20-11/h4-7H,3H2,1-2H3. The summed E-state index contributed by atoms with van der Waals surface area (Å²) < 4.78 is 30.1. The van der Waals surface area contributed by atoms with Gasteiger partial charge in [0, 0.05) is 22.6 Å². The van der Waals surface area contributed by atoms with E-state index in [9.17, 15) is 8.42 Å². The fraction of sp³-hybridized carbons (Fsp3) is 0.231. The average Bonchev–Trinajstić information content (AvgIpc) is 2.99. The molecule has 6 nitrogen and oxygen atoms in total. The summed E-state index contributed by atoms with van der Waals surface area (Å²) in [4.78, 5) is 0. The number of fused-ring (bicyclic) bond motifs is 1. The molecule has 21 heavy (non-hydrogen) atoms. The lowest BCUT2D eigenvalue weighted by atomic mass is 10.2. The van der Waals surface area contributed by atoms with Crippen LogP contribution in [-0.4, -0.2) is 23.2 Å². The summed E-state index contributed by atoms with van der Waals surface area (Å²) in [5, 5.41) is 8.20. The zero-order valence-electron chi connectivity index (χ0n) is 11.4. The van der Waals surface area contributed by atoms with Gasteiger partial charge in [-0.1, -0.05) is 11.6 Å². The van der Waals surface area contributed by atoms with Gasteiger partial charge in [-0.25, -0.2) is 8.42 Å². The maximum atomic E-state index is 11.5. The number of benzene rings is 1. The molecule has 0 aliphatic rings. The van der Waals surface area contributed by atoms with Crippen molar-refractivity contribution in [2.75, 3.05) is 0 Å². The van der Waals surface area contributed by atoms with Crippen molar-refractivity contribution in [1.29, 1.82) is 0 Å². The minimum Gasteiger partial charge on any atom is -0.453 e. The van der Waals surface area contributed by atoms with E-state index in [2.05, 4.69) is 10.2 Å². The molecule has 3 rings (SSSR count). The van der Waals surface area contributed by atoms with Gasteiger partial charge in [-0.05, 0) is 32.0 Å². The Labute approximate surface area is 125 Å². The normalized spacial score (nSPS) is 12.1. The van der Waals surface area contributed by atoms with Gasteiger partial charge in [-0.2, -0.15) is 0 Å². The highest BCUT2D eigenvalue weighted by Gasteiger charge is 2.24. The highest BCUT2D eigenvalue weighted by molar-refractivity contribution is 8.13. The van der Waals surface area contributed by atoms with Crippen molar-refractivity contribution >= 4 is 30.7 Å². The monoisotopic (exact) mass is 325 g/mol. The van der Waals surface area contributed by atoms with Gasteiger partial charge < -0.3 is 4.42 Å². The molecule has 0 amide bonds. The number of hydrogen-bond donors (Lipinski definition) is 0. The first-order chi connectivity index (χ1) is 9.90. The third kappa shape index (κ3) is 2.43. The van der Waals surface area contributed by atoms with Crippen LogP contribution in [-0.2, 0) is 15.6 Å². The molecular weight excluding hydrogens is 314 g/mol. The van der Waals surface area contributed by atoms with Gasteiger partial charge in [0.25, 0.3) is 14.2 Å². The van der Waals surface area contributed by atoms with Crippen LogP contribution in [0.2, 0.25) is 0 Å². The van der Waals surface area contributed by atoms with Crippen LogP contribution in [0.1, 0.15) is 12.5 Å². The molecule has 8 heteroatoms. The molecular formula is C13H12ClN3O3S. The summed E-state index contributed by atoms with van der Waals surface area (Å²) in [5.41, 5.74) is 1.81. The van der Waals surface area contributed by atoms with Crippen molar-refractivity contribution in [3.63, 3.8) is 0 Å². The molecule has 0 saturated carbocycles. The fourth-order valence-electron chi connectivity index (χ4n) is 2.21. The third-order valence-corrected chi connectivity index (χ3v) is 4.30. The summed E-state index contributed by atoms with van der Waals surface area (Å²) in [6.45, 7) is 4.13. The quantitative estimate of drug-likeness (QED) is 0.692. The number of furan rings is 1. The average molecular weight is 326 g/mol. The lowest BCUT2D eigenvalue weighted by Crippen LogP contribution is -2.05. The van der Waals surface area contributed by atoms with Crippen LogP contribution >= 0.6 is 10.7 Å². The zero-order chi connectivity index (χ0) is 15.2. The first kappa shape index (κ1) is 14.1. The topological polar surface area (TPSA) is 78.0 Å². The predicted molar refractivity (Wildman–Crippen MR) is 78.7 cm³/mol. The van der Waals surface area contributed by atoms with Gasteiger partial charge in [-0.15, -0.1) is 10.2 Å². The van der Waals surface area contributed by atoms with Crippen LogP contribution in [0.15, 0.2) is 33.8 Å². The van der Waals surface area contributed by atoms with Gasteiger partial charge in [0.15, 0.2) is 5.76 Å². The van der Waals surface area contributed by atoms with Crippen LogP contribution in [0.4, 0.5) is 0 Å². The first-order valence-electron chi connectivity index (χ1n) is 6.28. The Kier molecular flexibility index (Phi) is 3.26. The van der Waals surface area contributed by atoms with Crippen molar-refractivity contribution in [2.24, 2.45) is 0 Å². The summed E-state index contributed by atoms with van der Waals surface area (Å²) in [6.07, 6.45) is 0. The third-order valence-electron chi connectivity index (χ3n) is 3.14. The zero-order valence-corrected chi connectivity index (χ0v) is 12.9. The van der Waals surface area contributed by atoms with Crippen molar-refractivity contribution in [1.82, 2.24) is 14.8 Å². The van der Waals surface area contributed by atoms with E-state index in [0.717, 1.165) is 10.9 Å². The van der Waals surface area contributed by atoms with E-state index in [-0.39, 0.29) is 5.16 Å². The minimum atomic E-state index is -3.95. The number of halogens is 1. The maximum absolute atomic E-state index is 11.5. The molecule has 2 aromatic heterocycles. The van der Waals surface area contributed by atoms with E-state index in [1.165, 1.54) is 4.57 Å². The molecule has 3 aromatic rings. The van der Waals surface area contributed by atoms with Crippen LogP contribution in [0.3, 0.4) is 0 Å². The number of aryl methyl sites for hydroxylation is 1. The van der Waals surface area contributed by atoms with Crippen molar-refractivity contribution in [2.45, 2.75) is 25.5 Å². The molecule has 0 aliphatic heterocycles. The Hall–Kier alpha value is -1.86. The van der Waals surface area contributed by atoms with E-state index in [4.69, 9.17) is 15.1 Å². The molecule has 0 saturated heterocycles. The van der Waals surface area contributed by atoms with E-state index in [1.54, 1.807) is 6.92 Å². The lowest BCUT2D eigenvalue weighted by molar-refractivity contribution is 0.577. The molecule has 0 atom stereocenters. The summed E-state index contributed by atoms with van der Waals surface area (Å²) in [7, 11) is 1.41. The van der Waals surface area contributed by atoms with Gasteiger partial charge in [-0.3, -0.25) is 4.57 Å². The molecule has 0 N–H and O–H groups in total. The van der Waals surface area contributed by atoms with E-state index >= 15 is 0 Å². The second-order valence-corrected chi connectivity index (χ2v) is 7.10. The molecule has 0 unspecified atom stereocenters. The second kappa shape index (κ2) is 4.85. The second-order valence-electron chi connectivity index (χ2n) is 4.64. The van der Waals surface area contributed by atoms with Crippen LogP contribution < -0.4 is 0 Å². The smallest absolute Gasteiger partial charge is 0.296 e. The van der Waals surface area contributed by atoms with Gasteiger partial charge in [0.2, 0.25) is 5.82 Å². The minimum absolute atomic E-state index is 0.279. The fourth-order valence-corrected chi connectivity index (χ4v) is 3.17. The predicted octanol–water partition coefficient (Wildman–Crippen LogP) is 2.95. The maximum Gasteiger partial charge on any atom is 0.296 e. The molecule has 0 fully saturated rings. The molecule has 0 spiro atoms. The Balaban J connectivity index is 2.21. The largest absolute Gasteiger partial charge is 0.453 e. The highest BCUT2D eigenvalue weighted by Crippen LogP contribution is 2.29.